The third kappa shape index (κ3) is 4.54. The number of benzene rings is 3. The van der Waals surface area contributed by atoms with E-state index in [4.69, 9.17) is 14.5 Å². The number of ether oxygens (including phenoxy) is 2. The second kappa shape index (κ2) is 10.6. The molecular weight excluding hydrogens is 722 g/mol. The quantitative estimate of drug-likeness (QED) is 0.238. The number of hydrogen-bond acceptors (Lipinski definition) is 5. The van der Waals surface area contributed by atoms with Crippen molar-refractivity contribution in [2.75, 3.05) is 13.7 Å². The Morgan fingerprint density at radius 3 is 2.53 bits per heavy atom. The van der Waals surface area contributed by atoms with Gasteiger partial charge in [-0.2, -0.15) is 0 Å². The molecule has 2 aliphatic rings. The fourth-order valence-corrected chi connectivity index (χ4v) is 8.33. The summed E-state index contributed by atoms with van der Waals surface area (Å²) in [6, 6.07) is 20.5. The van der Waals surface area contributed by atoms with Crippen LogP contribution < -0.4 is 24.4 Å². The zero-order valence-corrected chi connectivity index (χ0v) is 26.0. The van der Waals surface area contributed by atoms with Gasteiger partial charge in [0.2, 0.25) is 0 Å². The summed E-state index contributed by atoms with van der Waals surface area (Å²) in [7, 11) is 1.67. The number of rotatable bonds is 5. The smallest absolute Gasteiger partial charge is 0.271 e. The normalized spacial score (nSPS) is 16.4. The van der Waals surface area contributed by atoms with E-state index in [1.165, 1.54) is 28.0 Å². The fourth-order valence-electron chi connectivity index (χ4n) is 5.21. The average Bonchev–Trinajstić information content (AvgIpc) is 3.23. The van der Waals surface area contributed by atoms with E-state index in [0.717, 1.165) is 53.1 Å². The van der Waals surface area contributed by atoms with E-state index < -0.39 is 0 Å². The highest BCUT2D eigenvalue weighted by Crippen LogP contribution is 2.41. The maximum Gasteiger partial charge on any atom is 0.271 e. The van der Waals surface area contributed by atoms with Gasteiger partial charge in [0, 0.05) is 5.56 Å². The van der Waals surface area contributed by atoms with E-state index in [0.29, 0.717) is 11.1 Å². The van der Waals surface area contributed by atoms with Gasteiger partial charge in [-0.05, 0) is 118 Å². The molecule has 0 bridgehead atoms. The molecule has 5 nitrogen and oxygen atoms in total. The first-order valence-corrected chi connectivity index (χ1v) is 15.3. The van der Waals surface area contributed by atoms with Crippen LogP contribution in [0.4, 0.5) is 0 Å². The third-order valence-corrected chi connectivity index (χ3v) is 9.50. The molecule has 0 radical (unpaired) electrons. The van der Waals surface area contributed by atoms with Gasteiger partial charge in [-0.3, -0.25) is 9.36 Å². The van der Waals surface area contributed by atoms with Crippen molar-refractivity contribution in [2.24, 2.45) is 4.99 Å². The van der Waals surface area contributed by atoms with Crippen LogP contribution in [0, 0.1) is 7.14 Å². The zero-order chi connectivity index (χ0) is 26.4. The molecule has 0 unspecified atom stereocenters. The number of nitrogens with zero attached hydrogens (tertiary/aromatic N) is 2. The first-order chi connectivity index (χ1) is 18.5. The largest absolute Gasteiger partial charge is 0.497 e. The summed E-state index contributed by atoms with van der Waals surface area (Å²) in [5, 5.41) is 0. The van der Waals surface area contributed by atoms with E-state index >= 15 is 0 Å². The third-order valence-electron chi connectivity index (χ3n) is 6.91. The average molecular weight is 746 g/mol. The molecular formula is C30H24I2N2O3S. The number of aryl methyl sites for hydroxylation is 1. The molecule has 4 aromatic rings. The van der Waals surface area contributed by atoms with Crippen molar-refractivity contribution in [2.45, 2.75) is 25.8 Å². The fraction of sp³-hybridized carbons (Fsp3) is 0.200. The molecule has 1 aliphatic carbocycles. The number of thiazole rings is 1. The number of halogens is 2. The molecule has 0 spiro atoms. The predicted octanol–water partition coefficient (Wildman–Crippen LogP) is 5.94. The maximum atomic E-state index is 14.0. The van der Waals surface area contributed by atoms with Gasteiger partial charge in [-0.15, -0.1) is 0 Å². The number of fused-ring (bicyclic) bond motifs is 3. The molecule has 2 heterocycles. The number of methoxy groups -OCH3 is 1. The molecule has 6 rings (SSSR count). The number of allylic oxidation sites excluding steroid dienone is 1. The van der Waals surface area contributed by atoms with Crippen LogP contribution in [0.1, 0.15) is 41.6 Å². The Morgan fingerprint density at radius 2 is 1.82 bits per heavy atom. The van der Waals surface area contributed by atoms with Crippen LogP contribution in [0.15, 0.2) is 76.0 Å². The maximum absolute atomic E-state index is 14.0. The van der Waals surface area contributed by atoms with Gasteiger partial charge in [0.15, 0.2) is 4.80 Å². The lowest BCUT2D eigenvalue weighted by Gasteiger charge is -2.30. The van der Waals surface area contributed by atoms with Gasteiger partial charge in [0.05, 0.1) is 37.1 Å². The Hall–Kier alpha value is -2.44. The molecule has 0 fully saturated rings. The van der Waals surface area contributed by atoms with Crippen LogP contribution in [0.2, 0.25) is 0 Å². The monoisotopic (exact) mass is 746 g/mol. The Bertz CT molecular complexity index is 1750. The molecule has 0 saturated heterocycles. The second-order valence-electron chi connectivity index (χ2n) is 9.13. The summed E-state index contributed by atoms with van der Waals surface area (Å²) in [6.45, 7) is 2.60. The molecule has 1 atom stereocenters. The Labute approximate surface area is 251 Å². The predicted molar refractivity (Wildman–Crippen MR) is 169 cm³/mol. The number of hydrogen-bond donors (Lipinski definition) is 0. The zero-order valence-electron chi connectivity index (χ0n) is 20.8. The molecule has 192 valence electrons. The van der Waals surface area contributed by atoms with Gasteiger partial charge in [-0.25, -0.2) is 4.99 Å². The SMILES string of the molecule is CCOc1c(I)cc(/C=c2/sc3n(c2=O)[C@@H](c2ccc(OC)cc2)C2=C(N=3)c3ccccc3CC2)cc1I. The molecule has 38 heavy (non-hydrogen) atoms. The summed E-state index contributed by atoms with van der Waals surface area (Å²) in [5.74, 6) is 1.68. The van der Waals surface area contributed by atoms with Gasteiger partial charge in [0.1, 0.15) is 11.5 Å². The molecule has 0 N–H and O–H groups in total. The second-order valence-corrected chi connectivity index (χ2v) is 12.5. The molecule has 0 saturated carbocycles. The van der Waals surface area contributed by atoms with Crippen LogP contribution in [0.3, 0.4) is 0 Å². The molecule has 0 amide bonds. The molecule has 8 heteroatoms. The van der Waals surface area contributed by atoms with E-state index in [-0.39, 0.29) is 11.6 Å². The minimum absolute atomic E-state index is 0.0149. The van der Waals surface area contributed by atoms with Crippen molar-refractivity contribution < 1.29 is 9.47 Å². The standard InChI is InChI=1S/C30H24I2N2O3S/c1-3-37-28-23(31)14-17(15-24(28)32)16-25-29(35)34-27(19-8-11-20(36-2)12-9-19)22-13-10-18-6-4-5-7-21(18)26(22)33-30(34)38-25/h4-9,11-12,14-16,27H,3,10,13H2,1-2H3/b25-16+/t27-/m0/s1. The van der Waals surface area contributed by atoms with Crippen LogP contribution in [-0.2, 0) is 6.42 Å². The lowest BCUT2D eigenvalue weighted by atomic mass is 9.83. The van der Waals surface area contributed by atoms with Gasteiger partial charge in [-0.1, -0.05) is 47.7 Å². The summed E-state index contributed by atoms with van der Waals surface area (Å²) < 4.78 is 15.8. The molecule has 1 aromatic heterocycles. The van der Waals surface area contributed by atoms with Crippen molar-refractivity contribution in [1.29, 1.82) is 0 Å². The Balaban J connectivity index is 1.56. The summed E-state index contributed by atoms with van der Waals surface area (Å²) in [4.78, 5) is 19.8. The molecule has 1 aliphatic heterocycles. The first-order valence-electron chi connectivity index (χ1n) is 12.4. The van der Waals surface area contributed by atoms with E-state index in [2.05, 4.69) is 93.7 Å². The minimum atomic E-state index is -0.205. The Kier molecular flexibility index (Phi) is 7.21. The molecule has 3 aromatic carbocycles. The van der Waals surface area contributed by atoms with Crippen LogP contribution in [0.25, 0.3) is 11.8 Å². The highest BCUT2D eigenvalue weighted by Gasteiger charge is 2.32. The summed E-state index contributed by atoms with van der Waals surface area (Å²) in [5.41, 5.74) is 6.69. The van der Waals surface area contributed by atoms with Crippen LogP contribution >= 0.6 is 56.5 Å². The van der Waals surface area contributed by atoms with Crippen LogP contribution in [-0.4, -0.2) is 18.3 Å². The van der Waals surface area contributed by atoms with Gasteiger partial charge in [0.25, 0.3) is 5.56 Å². The lowest BCUT2D eigenvalue weighted by Crippen LogP contribution is -2.38. The van der Waals surface area contributed by atoms with Crippen molar-refractivity contribution >= 4 is 68.3 Å². The Morgan fingerprint density at radius 1 is 1.08 bits per heavy atom. The lowest BCUT2D eigenvalue weighted by molar-refractivity contribution is 0.335. The highest BCUT2D eigenvalue weighted by molar-refractivity contribution is 14.1. The van der Waals surface area contributed by atoms with E-state index in [1.807, 2.05) is 29.7 Å². The summed E-state index contributed by atoms with van der Waals surface area (Å²) in [6.07, 6.45) is 3.78. The van der Waals surface area contributed by atoms with E-state index in [9.17, 15) is 4.79 Å². The first kappa shape index (κ1) is 25.8. The van der Waals surface area contributed by atoms with Crippen molar-refractivity contribution in [1.82, 2.24) is 4.57 Å². The van der Waals surface area contributed by atoms with Gasteiger partial charge >= 0.3 is 0 Å². The van der Waals surface area contributed by atoms with Crippen LogP contribution in [0.5, 0.6) is 11.5 Å². The van der Waals surface area contributed by atoms with Crippen molar-refractivity contribution in [3.8, 4) is 11.5 Å². The van der Waals surface area contributed by atoms with E-state index in [1.54, 1.807) is 7.11 Å². The minimum Gasteiger partial charge on any atom is -0.497 e. The van der Waals surface area contributed by atoms with Crippen molar-refractivity contribution in [3.05, 3.63) is 115 Å². The van der Waals surface area contributed by atoms with Crippen molar-refractivity contribution in [3.63, 3.8) is 0 Å². The number of aromatic nitrogens is 1. The van der Waals surface area contributed by atoms with Gasteiger partial charge < -0.3 is 9.47 Å². The topological polar surface area (TPSA) is 52.8 Å². The summed E-state index contributed by atoms with van der Waals surface area (Å²) >= 11 is 6.05. The highest BCUT2D eigenvalue weighted by atomic mass is 127.